The standard InChI is InChI=1S/C13H25NO3/c1-5-6-10-7-8-11(15)9-14(10)12(16)17-13(2,3)4/h10-11,15H,5-9H2,1-4H3/t10-,11?/m1/s1. The molecule has 1 aliphatic heterocycles. The number of aliphatic hydroxyl groups excluding tert-OH is 1. The van der Waals surface area contributed by atoms with Crippen LogP contribution < -0.4 is 0 Å². The molecule has 0 aromatic rings. The first-order valence-electron chi connectivity index (χ1n) is 6.51. The zero-order chi connectivity index (χ0) is 13.1. The molecule has 1 fully saturated rings. The van der Waals surface area contributed by atoms with Crippen molar-refractivity contribution in [3.8, 4) is 0 Å². The summed E-state index contributed by atoms with van der Waals surface area (Å²) in [6.45, 7) is 8.10. The van der Waals surface area contributed by atoms with Crippen LogP contribution in [0.2, 0.25) is 0 Å². The molecule has 1 saturated heterocycles. The maximum absolute atomic E-state index is 12.0. The Kier molecular flexibility index (Phi) is 4.80. The molecule has 17 heavy (non-hydrogen) atoms. The predicted molar refractivity (Wildman–Crippen MR) is 66.9 cm³/mol. The molecule has 1 heterocycles. The van der Waals surface area contributed by atoms with E-state index in [2.05, 4.69) is 6.92 Å². The van der Waals surface area contributed by atoms with Crippen molar-refractivity contribution in [3.05, 3.63) is 0 Å². The molecule has 0 aromatic heterocycles. The minimum atomic E-state index is -0.476. The number of ether oxygens (including phenoxy) is 1. The number of β-amino-alcohol motifs (C(OH)–C–C–N with tert-alkyl or cyclic N) is 1. The van der Waals surface area contributed by atoms with Crippen molar-refractivity contribution < 1.29 is 14.6 Å². The van der Waals surface area contributed by atoms with Crippen LogP contribution >= 0.6 is 0 Å². The van der Waals surface area contributed by atoms with E-state index < -0.39 is 11.7 Å². The molecule has 0 radical (unpaired) electrons. The molecule has 1 unspecified atom stereocenters. The van der Waals surface area contributed by atoms with Gasteiger partial charge in [-0.25, -0.2) is 4.79 Å². The van der Waals surface area contributed by atoms with Gasteiger partial charge in [0.25, 0.3) is 0 Å². The smallest absolute Gasteiger partial charge is 0.410 e. The van der Waals surface area contributed by atoms with Gasteiger partial charge in [-0.2, -0.15) is 0 Å². The first-order valence-corrected chi connectivity index (χ1v) is 6.51. The summed E-state index contributed by atoms with van der Waals surface area (Å²) in [6, 6.07) is 0.221. The third-order valence-corrected chi connectivity index (χ3v) is 2.93. The Balaban J connectivity index is 2.65. The van der Waals surface area contributed by atoms with Crippen molar-refractivity contribution in [1.29, 1.82) is 0 Å². The summed E-state index contributed by atoms with van der Waals surface area (Å²) in [6.07, 6.45) is 2.97. The lowest BCUT2D eigenvalue weighted by Gasteiger charge is -2.38. The van der Waals surface area contributed by atoms with Gasteiger partial charge >= 0.3 is 6.09 Å². The van der Waals surface area contributed by atoms with Crippen molar-refractivity contribution in [1.82, 2.24) is 4.90 Å². The first kappa shape index (κ1) is 14.3. The highest BCUT2D eigenvalue weighted by Gasteiger charge is 2.32. The number of hydrogen-bond acceptors (Lipinski definition) is 3. The van der Waals surface area contributed by atoms with Crippen molar-refractivity contribution in [2.45, 2.75) is 71.1 Å². The number of rotatable bonds is 2. The predicted octanol–water partition coefficient (Wildman–Crippen LogP) is 2.55. The first-order chi connectivity index (χ1) is 7.83. The van der Waals surface area contributed by atoms with Crippen LogP contribution in [0.5, 0.6) is 0 Å². The van der Waals surface area contributed by atoms with Gasteiger partial charge < -0.3 is 14.7 Å². The molecule has 0 saturated carbocycles. The van der Waals surface area contributed by atoms with Gasteiger partial charge in [-0.05, 0) is 40.0 Å². The van der Waals surface area contributed by atoms with E-state index in [1.54, 1.807) is 4.90 Å². The van der Waals surface area contributed by atoms with E-state index >= 15 is 0 Å². The van der Waals surface area contributed by atoms with Crippen molar-refractivity contribution in [2.24, 2.45) is 0 Å². The molecule has 4 heteroatoms. The number of carbonyl (C=O) groups excluding carboxylic acids is 1. The monoisotopic (exact) mass is 243 g/mol. The van der Waals surface area contributed by atoms with E-state index in [1.165, 1.54) is 0 Å². The average Bonchev–Trinajstić information content (AvgIpc) is 2.18. The maximum Gasteiger partial charge on any atom is 0.410 e. The Morgan fingerprint density at radius 2 is 2.06 bits per heavy atom. The highest BCUT2D eigenvalue weighted by atomic mass is 16.6. The van der Waals surface area contributed by atoms with E-state index in [0.29, 0.717) is 6.54 Å². The Bertz CT molecular complexity index is 260. The minimum absolute atomic E-state index is 0.221. The van der Waals surface area contributed by atoms with Crippen LogP contribution in [0.4, 0.5) is 4.79 Å². The van der Waals surface area contributed by atoms with Crippen LogP contribution in [0.3, 0.4) is 0 Å². The summed E-state index contributed by atoms with van der Waals surface area (Å²) in [5, 5.41) is 9.66. The van der Waals surface area contributed by atoms with E-state index in [-0.39, 0.29) is 12.1 Å². The third kappa shape index (κ3) is 4.54. The molecular weight excluding hydrogens is 218 g/mol. The molecule has 0 bridgehead atoms. The molecule has 100 valence electrons. The Labute approximate surface area is 104 Å². The zero-order valence-corrected chi connectivity index (χ0v) is 11.4. The Morgan fingerprint density at radius 1 is 1.41 bits per heavy atom. The fraction of sp³-hybridized carbons (Fsp3) is 0.923. The molecule has 0 aromatic carbocycles. The van der Waals surface area contributed by atoms with Crippen LogP contribution in [-0.2, 0) is 4.74 Å². The second-order valence-corrected chi connectivity index (χ2v) is 5.81. The topological polar surface area (TPSA) is 49.8 Å². The number of piperidine rings is 1. The highest BCUT2D eigenvalue weighted by Crippen LogP contribution is 2.23. The summed E-state index contributed by atoms with van der Waals surface area (Å²) in [5.74, 6) is 0. The van der Waals surface area contributed by atoms with Crippen molar-refractivity contribution >= 4 is 6.09 Å². The number of nitrogens with zero attached hydrogens (tertiary/aromatic N) is 1. The van der Waals surface area contributed by atoms with Gasteiger partial charge in [-0.3, -0.25) is 0 Å². The lowest BCUT2D eigenvalue weighted by molar-refractivity contribution is -0.0142. The number of amides is 1. The fourth-order valence-corrected chi connectivity index (χ4v) is 2.19. The number of aliphatic hydroxyl groups is 1. The van der Waals surface area contributed by atoms with Crippen LogP contribution in [0.15, 0.2) is 0 Å². The Morgan fingerprint density at radius 3 is 2.59 bits per heavy atom. The Hall–Kier alpha value is -0.770. The van der Waals surface area contributed by atoms with E-state index in [4.69, 9.17) is 4.74 Å². The van der Waals surface area contributed by atoms with Gasteiger partial charge in [0.2, 0.25) is 0 Å². The molecule has 1 aliphatic rings. The number of hydrogen-bond donors (Lipinski definition) is 1. The summed E-state index contributed by atoms with van der Waals surface area (Å²) in [7, 11) is 0. The number of carbonyl (C=O) groups is 1. The van der Waals surface area contributed by atoms with Gasteiger partial charge in [-0.15, -0.1) is 0 Å². The molecule has 0 aliphatic carbocycles. The molecule has 1 rings (SSSR count). The molecule has 4 nitrogen and oxygen atoms in total. The summed E-state index contributed by atoms with van der Waals surface area (Å²) < 4.78 is 5.38. The van der Waals surface area contributed by atoms with Crippen molar-refractivity contribution in [3.63, 3.8) is 0 Å². The van der Waals surface area contributed by atoms with Crippen LogP contribution in [0.25, 0.3) is 0 Å². The zero-order valence-electron chi connectivity index (χ0n) is 11.4. The molecular formula is C13H25NO3. The lowest BCUT2D eigenvalue weighted by atomic mass is 9.97. The van der Waals surface area contributed by atoms with E-state index in [0.717, 1.165) is 25.7 Å². The van der Waals surface area contributed by atoms with Crippen LogP contribution in [-0.4, -0.2) is 40.4 Å². The average molecular weight is 243 g/mol. The summed E-state index contributed by atoms with van der Waals surface area (Å²) >= 11 is 0. The van der Waals surface area contributed by atoms with Crippen LogP contribution in [0, 0.1) is 0 Å². The highest BCUT2D eigenvalue weighted by molar-refractivity contribution is 5.68. The summed E-state index contributed by atoms with van der Waals surface area (Å²) in [4.78, 5) is 13.7. The van der Waals surface area contributed by atoms with Crippen molar-refractivity contribution in [2.75, 3.05) is 6.54 Å². The third-order valence-electron chi connectivity index (χ3n) is 2.93. The normalized spacial score (nSPS) is 25.8. The quantitative estimate of drug-likeness (QED) is 0.811. The molecule has 1 amide bonds. The maximum atomic E-state index is 12.0. The van der Waals surface area contributed by atoms with Gasteiger partial charge in [0, 0.05) is 6.04 Å². The largest absolute Gasteiger partial charge is 0.444 e. The molecule has 2 atom stereocenters. The van der Waals surface area contributed by atoms with Gasteiger partial charge in [-0.1, -0.05) is 13.3 Å². The van der Waals surface area contributed by atoms with E-state index in [9.17, 15) is 9.90 Å². The van der Waals surface area contributed by atoms with Crippen LogP contribution in [0.1, 0.15) is 53.4 Å². The lowest BCUT2D eigenvalue weighted by Crippen LogP contribution is -2.50. The van der Waals surface area contributed by atoms with Gasteiger partial charge in [0.1, 0.15) is 5.60 Å². The fourth-order valence-electron chi connectivity index (χ4n) is 2.19. The minimum Gasteiger partial charge on any atom is -0.444 e. The second-order valence-electron chi connectivity index (χ2n) is 5.81. The second kappa shape index (κ2) is 5.71. The van der Waals surface area contributed by atoms with E-state index in [1.807, 2.05) is 20.8 Å². The molecule has 0 spiro atoms. The SMILES string of the molecule is CCC[C@@H]1CCC(O)CN1C(=O)OC(C)(C)C. The number of likely N-dealkylation sites (tertiary alicyclic amines) is 1. The summed E-state index contributed by atoms with van der Waals surface area (Å²) in [5.41, 5.74) is -0.476. The van der Waals surface area contributed by atoms with Gasteiger partial charge in [0.05, 0.1) is 12.6 Å². The molecule has 1 N–H and O–H groups in total. The van der Waals surface area contributed by atoms with Gasteiger partial charge in [0.15, 0.2) is 0 Å².